The van der Waals surface area contributed by atoms with Crippen molar-refractivity contribution >= 4 is 32.7 Å². The van der Waals surface area contributed by atoms with Gasteiger partial charge in [0, 0.05) is 28.3 Å². The van der Waals surface area contributed by atoms with Gasteiger partial charge in [-0.1, -0.05) is 15.9 Å². The van der Waals surface area contributed by atoms with Crippen LogP contribution in [0.15, 0.2) is 40.9 Å². The smallest absolute Gasteiger partial charge is 0.143 e. The van der Waals surface area contributed by atoms with Gasteiger partial charge in [0.1, 0.15) is 11.6 Å². The molecule has 3 aromatic rings. The number of halogens is 2. The quantitative estimate of drug-likeness (QED) is 0.714. The summed E-state index contributed by atoms with van der Waals surface area (Å²) in [5, 5.41) is 0. The Bertz CT molecular complexity index is 795. The molecule has 20 heavy (non-hydrogen) atoms. The van der Waals surface area contributed by atoms with Crippen LogP contribution >= 0.6 is 15.9 Å². The second kappa shape index (κ2) is 4.90. The zero-order chi connectivity index (χ0) is 14.3. The van der Waals surface area contributed by atoms with Gasteiger partial charge in [-0.25, -0.2) is 9.37 Å². The zero-order valence-electron chi connectivity index (χ0n) is 10.9. The monoisotopic (exact) mass is 333 g/mol. The molecule has 0 radical (unpaired) electrons. The third-order valence-electron chi connectivity index (χ3n) is 3.28. The first-order valence-electron chi connectivity index (χ1n) is 6.31. The molecule has 0 amide bonds. The first-order valence-corrected chi connectivity index (χ1v) is 7.10. The Morgan fingerprint density at radius 1 is 1.25 bits per heavy atom. The van der Waals surface area contributed by atoms with E-state index in [9.17, 15) is 4.39 Å². The van der Waals surface area contributed by atoms with Crippen LogP contribution in [0, 0.1) is 5.82 Å². The molecule has 3 rings (SSSR count). The van der Waals surface area contributed by atoms with Crippen LogP contribution in [0.25, 0.3) is 22.4 Å². The highest BCUT2D eigenvalue weighted by molar-refractivity contribution is 9.10. The molecular formula is C15H13BrFN3. The van der Waals surface area contributed by atoms with Crippen LogP contribution in [0.1, 0.15) is 6.92 Å². The van der Waals surface area contributed by atoms with Gasteiger partial charge < -0.3 is 10.3 Å². The van der Waals surface area contributed by atoms with Gasteiger partial charge in [-0.2, -0.15) is 0 Å². The van der Waals surface area contributed by atoms with Gasteiger partial charge in [0.25, 0.3) is 0 Å². The minimum atomic E-state index is -0.284. The van der Waals surface area contributed by atoms with E-state index < -0.39 is 0 Å². The summed E-state index contributed by atoms with van der Waals surface area (Å²) in [6, 6.07) is 10.3. The third-order valence-corrected chi connectivity index (χ3v) is 3.77. The molecule has 2 N–H and O–H groups in total. The van der Waals surface area contributed by atoms with Crippen LogP contribution in [0.4, 0.5) is 10.1 Å². The fraction of sp³-hybridized carbons (Fsp3) is 0.133. The average molecular weight is 334 g/mol. The Hall–Kier alpha value is -1.88. The maximum Gasteiger partial charge on any atom is 0.143 e. The van der Waals surface area contributed by atoms with Crippen LogP contribution in [0.5, 0.6) is 0 Å². The SMILES string of the molecule is CCn1c(-c2ccc(Br)cc2N)nc2cc(F)ccc21. The van der Waals surface area contributed by atoms with Crippen molar-refractivity contribution in [3.8, 4) is 11.4 Å². The van der Waals surface area contributed by atoms with Crippen LogP contribution in [-0.4, -0.2) is 9.55 Å². The molecule has 0 atom stereocenters. The van der Waals surface area contributed by atoms with E-state index >= 15 is 0 Å². The summed E-state index contributed by atoms with van der Waals surface area (Å²) in [4.78, 5) is 4.53. The molecule has 0 aliphatic heterocycles. The fourth-order valence-corrected chi connectivity index (χ4v) is 2.74. The Labute approximate surface area is 124 Å². The van der Waals surface area contributed by atoms with Crippen molar-refractivity contribution in [1.29, 1.82) is 0 Å². The first-order chi connectivity index (χ1) is 9.60. The number of nitrogen functional groups attached to an aromatic ring is 1. The molecule has 3 nitrogen and oxygen atoms in total. The third kappa shape index (κ3) is 2.08. The van der Waals surface area contributed by atoms with E-state index in [1.807, 2.05) is 29.7 Å². The molecule has 0 bridgehead atoms. The van der Waals surface area contributed by atoms with E-state index in [4.69, 9.17) is 5.73 Å². The number of benzene rings is 2. The molecule has 0 saturated heterocycles. The van der Waals surface area contributed by atoms with Gasteiger partial charge in [-0.15, -0.1) is 0 Å². The summed E-state index contributed by atoms with van der Waals surface area (Å²) < 4.78 is 16.3. The number of hydrogen-bond donors (Lipinski definition) is 1. The normalized spacial score (nSPS) is 11.2. The summed E-state index contributed by atoms with van der Waals surface area (Å²) in [6.07, 6.45) is 0. The minimum absolute atomic E-state index is 0.284. The van der Waals surface area contributed by atoms with Gasteiger partial charge in [0.05, 0.1) is 11.0 Å². The van der Waals surface area contributed by atoms with E-state index in [1.165, 1.54) is 12.1 Å². The molecule has 0 fully saturated rings. The summed E-state index contributed by atoms with van der Waals surface area (Å²) in [5.41, 5.74) is 9.12. The molecular weight excluding hydrogens is 321 g/mol. The number of nitrogens with zero attached hydrogens (tertiary/aromatic N) is 2. The van der Waals surface area contributed by atoms with E-state index in [2.05, 4.69) is 20.9 Å². The van der Waals surface area contributed by atoms with Crippen molar-refractivity contribution in [3.63, 3.8) is 0 Å². The number of aromatic nitrogens is 2. The predicted molar refractivity (Wildman–Crippen MR) is 82.9 cm³/mol. The minimum Gasteiger partial charge on any atom is -0.398 e. The van der Waals surface area contributed by atoms with Crippen LogP contribution in [0.2, 0.25) is 0 Å². The number of hydrogen-bond acceptors (Lipinski definition) is 2. The molecule has 0 spiro atoms. The van der Waals surface area contributed by atoms with E-state index in [0.717, 1.165) is 27.9 Å². The second-order valence-electron chi connectivity index (χ2n) is 4.54. The Kier molecular flexibility index (Phi) is 3.22. The molecule has 102 valence electrons. The van der Waals surface area contributed by atoms with Gasteiger partial charge >= 0.3 is 0 Å². The van der Waals surface area contributed by atoms with E-state index in [-0.39, 0.29) is 5.82 Å². The number of rotatable bonds is 2. The Morgan fingerprint density at radius 3 is 2.75 bits per heavy atom. The lowest BCUT2D eigenvalue weighted by Gasteiger charge is -2.08. The summed E-state index contributed by atoms with van der Waals surface area (Å²) in [7, 11) is 0. The van der Waals surface area contributed by atoms with Gasteiger partial charge in [-0.3, -0.25) is 0 Å². The van der Waals surface area contributed by atoms with Crippen molar-refractivity contribution in [1.82, 2.24) is 9.55 Å². The van der Waals surface area contributed by atoms with Crippen molar-refractivity contribution in [2.24, 2.45) is 0 Å². The zero-order valence-corrected chi connectivity index (χ0v) is 12.5. The van der Waals surface area contributed by atoms with Gasteiger partial charge in [-0.05, 0) is 37.3 Å². The summed E-state index contributed by atoms with van der Waals surface area (Å²) in [6.45, 7) is 2.77. The highest BCUT2D eigenvalue weighted by Gasteiger charge is 2.14. The summed E-state index contributed by atoms with van der Waals surface area (Å²) >= 11 is 3.39. The van der Waals surface area contributed by atoms with Crippen molar-refractivity contribution in [2.75, 3.05) is 5.73 Å². The largest absolute Gasteiger partial charge is 0.398 e. The fourth-order valence-electron chi connectivity index (χ4n) is 2.37. The molecule has 0 unspecified atom stereocenters. The topological polar surface area (TPSA) is 43.8 Å². The van der Waals surface area contributed by atoms with Gasteiger partial charge in [0.2, 0.25) is 0 Å². The molecule has 0 aliphatic carbocycles. The molecule has 1 heterocycles. The van der Waals surface area contributed by atoms with E-state index in [1.54, 1.807) is 6.07 Å². The Morgan fingerprint density at radius 2 is 2.05 bits per heavy atom. The number of aryl methyl sites for hydroxylation is 1. The molecule has 1 aromatic heterocycles. The van der Waals surface area contributed by atoms with Crippen LogP contribution in [-0.2, 0) is 6.54 Å². The number of nitrogens with two attached hydrogens (primary N) is 1. The molecule has 5 heteroatoms. The predicted octanol–water partition coefficient (Wildman–Crippen LogP) is 4.21. The van der Waals surface area contributed by atoms with Gasteiger partial charge in [0.15, 0.2) is 0 Å². The lowest BCUT2D eigenvalue weighted by atomic mass is 10.1. The number of imidazole rings is 1. The molecule has 0 aliphatic rings. The Balaban J connectivity index is 2.30. The van der Waals surface area contributed by atoms with Crippen LogP contribution in [0.3, 0.4) is 0 Å². The van der Waals surface area contributed by atoms with Crippen molar-refractivity contribution < 1.29 is 4.39 Å². The molecule has 2 aromatic carbocycles. The standard InChI is InChI=1S/C15H13BrFN3/c1-2-20-14-6-4-10(17)8-13(14)19-15(20)11-5-3-9(16)7-12(11)18/h3-8H,2,18H2,1H3. The van der Waals surface area contributed by atoms with Crippen LogP contribution < -0.4 is 5.73 Å². The lowest BCUT2D eigenvalue weighted by Crippen LogP contribution is -2.00. The van der Waals surface area contributed by atoms with Crippen molar-refractivity contribution in [2.45, 2.75) is 13.5 Å². The maximum atomic E-state index is 13.3. The lowest BCUT2D eigenvalue weighted by molar-refractivity contribution is 0.629. The highest BCUT2D eigenvalue weighted by Crippen LogP contribution is 2.31. The molecule has 0 saturated carbocycles. The average Bonchev–Trinajstić information content (AvgIpc) is 2.75. The maximum absolute atomic E-state index is 13.3. The summed E-state index contributed by atoms with van der Waals surface area (Å²) in [5.74, 6) is 0.478. The second-order valence-corrected chi connectivity index (χ2v) is 5.46. The first kappa shape index (κ1) is 13.1. The number of fused-ring (bicyclic) bond motifs is 1. The van der Waals surface area contributed by atoms with E-state index in [0.29, 0.717) is 11.2 Å². The highest BCUT2D eigenvalue weighted by atomic mass is 79.9. The van der Waals surface area contributed by atoms with Crippen molar-refractivity contribution in [3.05, 3.63) is 46.7 Å². The number of anilines is 1.